The molecule has 0 aliphatic heterocycles. The van der Waals surface area contributed by atoms with Crippen LogP contribution >= 0.6 is 0 Å². The molecule has 0 aliphatic rings. The summed E-state index contributed by atoms with van der Waals surface area (Å²) in [5.41, 5.74) is 1.77. The lowest BCUT2D eigenvalue weighted by atomic mass is 10.1. The molecule has 0 fully saturated rings. The van der Waals surface area contributed by atoms with E-state index in [4.69, 9.17) is 4.42 Å². The first-order valence-corrected chi connectivity index (χ1v) is 8.10. The lowest BCUT2D eigenvalue weighted by Crippen LogP contribution is -2.14. The number of H-pyrrole nitrogens is 1. The molecule has 6 nitrogen and oxygen atoms in total. The number of nitrogens with one attached hydrogen (secondary N) is 2. The molecule has 0 bridgehead atoms. The largest absolute Gasteiger partial charge is 0.448 e. The van der Waals surface area contributed by atoms with Crippen LogP contribution in [0.15, 0.2) is 53.4 Å². The number of benzene rings is 1. The van der Waals surface area contributed by atoms with Crippen LogP contribution in [0, 0.1) is 6.92 Å². The van der Waals surface area contributed by atoms with E-state index in [1.807, 2.05) is 0 Å². The van der Waals surface area contributed by atoms with Crippen molar-refractivity contribution in [2.45, 2.75) is 13.3 Å². The van der Waals surface area contributed by atoms with Gasteiger partial charge in [-0.25, -0.2) is 18.7 Å². The molecule has 4 rings (SSSR count). The first-order chi connectivity index (χ1) is 13.0. The summed E-state index contributed by atoms with van der Waals surface area (Å²) in [4.78, 5) is 23.4. The highest BCUT2D eigenvalue weighted by molar-refractivity contribution is 6.03. The molecule has 1 aromatic carbocycles. The zero-order valence-electron chi connectivity index (χ0n) is 14.2. The van der Waals surface area contributed by atoms with E-state index in [0.717, 1.165) is 5.39 Å². The Labute approximate surface area is 152 Å². The number of nitrogens with zero attached hydrogens (tertiary/aromatic N) is 2. The smallest absolute Gasteiger partial charge is 0.279 e. The Morgan fingerprint density at radius 2 is 2.04 bits per heavy atom. The van der Waals surface area contributed by atoms with Crippen molar-refractivity contribution in [2.75, 3.05) is 5.32 Å². The minimum Gasteiger partial charge on any atom is -0.448 e. The monoisotopic (exact) mass is 368 g/mol. The Balaban J connectivity index is 1.67. The molecule has 4 aromatic rings. The summed E-state index contributed by atoms with van der Waals surface area (Å²) in [5, 5.41) is 3.38. The molecule has 3 heterocycles. The molecule has 2 N–H and O–H groups in total. The van der Waals surface area contributed by atoms with Gasteiger partial charge in [-0.15, -0.1) is 0 Å². The van der Waals surface area contributed by atoms with Crippen molar-refractivity contribution in [1.82, 2.24) is 15.0 Å². The first-order valence-electron chi connectivity index (χ1n) is 8.10. The van der Waals surface area contributed by atoms with Gasteiger partial charge < -0.3 is 14.7 Å². The van der Waals surface area contributed by atoms with Crippen molar-refractivity contribution in [3.63, 3.8) is 0 Å². The van der Waals surface area contributed by atoms with Crippen molar-refractivity contribution in [3.8, 4) is 11.3 Å². The molecular weight excluding hydrogens is 354 g/mol. The van der Waals surface area contributed by atoms with Crippen LogP contribution in [0.2, 0.25) is 0 Å². The van der Waals surface area contributed by atoms with Gasteiger partial charge in [0.25, 0.3) is 12.3 Å². The number of oxazole rings is 1. The molecule has 0 saturated carbocycles. The molecule has 3 aromatic heterocycles. The van der Waals surface area contributed by atoms with Gasteiger partial charge in [0.1, 0.15) is 11.6 Å². The van der Waals surface area contributed by atoms with E-state index >= 15 is 0 Å². The topological polar surface area (TPSA) is 83.8 Å². The Bertz CT molecular complexity index is 1130. The summed E-state index contributed by atoms with van der Waals surface area (Å²) < 4.78 is 31.5. The van der Waals surface area contributed by atoms with E-state index in [2.05, 4.69) is 20.3 Å². The maximum absolute atomic E-state index is 13.3. The second-order valence-corrected chi connectivity index (χ2v) is 5.94. The number of rotatable bonds is 4. The standard InChI is InChI=1S/C19H14F2N4O2/c1-10-17(23-9-27-10)19(26)25-16-7-14-11(8-22-16)6-15(24-14)12-4-2-3-5-13(12)18(20)21/h2-9,18,24H,1H3,(H,22,25,26). The number of hydrogen-bond acceptors (Lipinski definition) is 4. The van der Waals surface area contributed by atoms with E-state index < -0.39 is 12.3 Å². The predicted molar refractivity (Wildman–Crippen MR) is 95.7 cm³/mol. The van der Waals surface area contributed by atoms with Crippen LogP contribution in [0.4, 0.5) is 14.6 Å². The number of fused-ring (bicyclic) bond motifs is 1. The van der Waals surface area contributed by atoms with Crippen LogP contribution in [-0.2, 0) is 0 Å². The number of amides is 1. The number of aromatic nitrogens is 3. The number of aromatic amines is 1. The third kappa shape index (κ3) is 3.17. The van der Waals surface area contributed by atoms with Crippen LogP contribution in [-0.4, -0.2) is 20.9 Å². The number of aryl methyl sites for hydroxylation is 1. The summed E-state index contributed by atoms with van der Waals surface area (Å²) in [7, 11) is 0. The SMILES string of the molecule is Cc1ocnc1C(=O)Nc1cc2[nH]c(-c3ccccc3C(F)F)cc2cn1. The Kier molecular flexibility index (Phi) is 4.15. The normalized spacial score (nSPS) is 11.3. The quantitative estimate of drug-likeness (QED) is 0.546. The van der Waals surface area contributed by atoms with Gasteiger partial charge in [0.05, 0.1) is 5.52 Å². The molecule has 0 atom stereocenters. The van der Waals surface area contributed by atoms with Gasteiger partial charge in [0.2, 0.25) is 0 Å². The van der Waals surface area contributed by atoms with Crippen LogP contribution in [0.5, 0.6) is 0 Å². The van der Waals surface area contributed by atoms with Gasteiger partial charge in [-0.1, -0.05) is 24.3 Å². The van der Waals surface area contributed by atoms with E-state index in [0.29, 0.717) is 28.4 Å². The van der Waals surface area contributed by atoms with Crippen molar-refractivity contribution < 1.29 is 18.0 Å². The van der Waals surface area contributed by atoms with Gasteiger partial charge in [-0.05, 0) is 13.0 Å². The minimum atomic E-state index is -2.58. The number of carbonyl (C=O) groups is 1. The van der Waals surface area contributed by atoms with Gasteiger partial charge in [-0.3, -0.25) is 4.79 Å². The first kappa shape index (κ1) is 16.9. The number of hydrogen-bond donors (Lipinski definition) is 2. The van der Waals surface area contributed by atoms with Gasteiger partial charge in [0, 0.05) is 34.5 Å². The molecule has 0 unspecified atom stereocenters. The third-order valence-corrected chi connectivity index (χ3v) is 4.19. The number of halogens is 2. The molecule has 0 aliphatic carbocycles. The van der Waals surface area contributed by atoms with Crippen molar-refractivity contribution >= 4 is 22.6 Å². The maximum Gasteiger partial charge on any atom is 0.279 e. The van der Waals surface area contributed by atoms with E-state index in [9.17, 15) is 13.6 Å². The third-order valence-electron chi connectivity index (χ3n) is 4.19. The fraction of sp³-hybridized carbons (Fsp3) is 0.105. The molecule has 136 valence electrons. The molecular formula is C19H14F2N4O2. The zero-order chi connectivity index (χ0) is 19.0. The second kappa shape index (κ2) is 6.64. The lowest BCUT2D eigenvalue weighted by molar-refractivity contribution is 0.102. The van der Waals surface area contributed by atoms with Crippen LogP contribution in [0.25, 0.3) is 22.2 Å². The van der Waals surface area contributed by atoms with Gasteiger partial charge in [-0.2, -0.15) is 0 Å². The minimum absolute atomic E-state index is 0.0490. The van der Waals surface area contributed by atoms with E-state index in [-0.39, 0.29) is 11.3 Å². The summed E-state index contributed by atoms with van der Waals surface area (Å²) in [5.74, 6) is 0.271. The fourth-order valence-electron chi connectivity index (χ4n) is 2.87. The summed E-state index contributed by atoms with van der Waals surface area (Å²) >= 11 is 0. The second-order valence-electron chi connectivity index (χ2n) is 5.94. The molecule has 0 spiro atoms. The molecule has 8 heteroatoms. The number of alkyl halides is 2. The highest BCUT2D eigenvalue weighted by Crippen LogP contribution is 2.32. The zero-order valence-corrected chi connectivity index (χ0v) is 14.2. The molecule has 0 saturated heterocycles. The summed E-state index contributed by atoms with van der Waals surface area (Å²) in [6.07, 6.45) is 0.177. The predicted octanol–water partition coefficient (Wildman–Crippen LogP) is 4.72. The fourth-order valence-corrected chi connectivity index (χ4v) is 2.87. The molecule has 1 amide bonds. The van der Waals surface area contributed by atoms with Crippen LogP contribution in [0.1, 0.15) is 28.2 Å². The van der Waals surface area contributed by atoms with Crippen LogP contribution in [0.3, 0.4) is 0 Å². The van der Waals surface area contributed by atoms with Crippen molar-refractivity contribution in [2.24, 2.45) is 0 Å². The highest BCUT2D eigenvalue weighted by Gasteiger charge is 2.17. The Morgan fingerprint density at radius 1 is 1.22 bits per heavy atom. The van der Waals surface area contributed by atoms with Gasteiger partial charge in [0.15, 0.2) is 12.1 Å². The number of anilines is 1. The van der Waals surface area contributed by atoms with Crippen molar-refractivity contribution in [3.05, 3.63) is 66.0 Å². The number of pyridine rings is 1. The average molecular weight is 368 g/mol. The Morgan fingerprint density at radius 3 is 2.78 bits per heavy atom. The summed E-state index contributed by atoms with van der Waals surface area (Å²) in [6.45, 7) is 1.64. The van der Waals surface area contributed by atoms with Crippen LogP contribution < -0.4 is 5.32 Å². The maximum atomic E-state index is 13.3. The average Bonchev–Trinajstić information content (AvgIpc) is 3.27. The lowest BCUT2D eigenvalue weighted by Gasteiger charge is -2.06. The molecule has 27 heavy (non-hydrogen) atoms. The highest BCUT2D eigenvalue weighted by atomic mass is 19.3. The van der Waals surface area contributed by atoms with E-state index in [1.54, 1.807) is 43.5 Å². The number of carbonyl (C=O) groups excluding carboxylic acids is 1. The summed E-state index contributed by atoms with van der Waals surface area (Å²) in [6, 6.07) is 9.70. The molecule has 0 radical (unpaired) electrons. The van der Waals surface area contributed by atoms with Crippen molar-refractivity contribution in [1.29, 1.82) is 0 Å². The van der Waals surface area contributed by atoms with E-state index in [1.165, 1.54) is 12.5 Å². The Hall–Kier alpha value is -3.55. The van der Waals surface area contributed by atoms with Gasteiger partial charge >= 0.3 is 0 Å².